The van der Waals surface area contributed by atoms with Crippen LogP contribution >= 0.6 is 8.30 Å². The van der Waals surface area contributed by atoms with Gasteiger partial charge in [-0.3, -0.25) is 4.67 Å². The molecule has 0 aromatic carbocycles. The highest BCUT2D eigenvalue weighted by Gasteiger charge is 2.06. The molecule has 0 fully saturated rings. The molecule has 0 radical (unpaired) electrons. The van der Waals surface area contributed by atoms with Crippen molar-refractivity contribution in [3.8, 4) is 0 Å². The zero-order valence-corrected chi connectivity index (χ0v) is 10.8. The summed E-state index contributed by atoms with van der Waals surface area (Å²) in [7, 11) is 3.55. The lowest BCUT2D eigenvalue weighted by Crippen LogP contribution is -2.04. The highest BCUT2D eigenvalue weighted by Crippen LogP contribution is 2.40. The molecule has 0 aliphatic carbocycles. The van der Waals surface area contributed by atoms with E-state index in [-0.39, 0.29) is 0 Å². The first kappa shape index (κ1) is 13.8. The SMILES string of the molecule is C/C=C(/C=C/P(OCC)N(C)C)CC. The van der Waals surface area contributed by atoms with Crippen molar-refractivity contribution in [2.45, 2.75) is 27.2 Å². The number of hydrogen-bond donors (Lipinski definition) is 0. The third-order valence-corrected chi connectivity index (χ3v) is 3.57. The van der Waals surface area contributed by atoms with Crippen molar-refractivity contribution in [1.29, 1.82) is 0 Å². The second kappa shape index (κ2) is 8.16. The van der Waals surface area contributed by atoms with E-state index in [1.54, 1.807) is 0 Å². The lowest BCUT2D eigenvalue weighted by Gasteiger charge is -2.19. The Morgan fingerprint density at radius 2 is 2.00 bits per heavy atom. The van der Waals surface area contributed by atoms with E-state index in [1.165, 1.54) is 5.57 Å². The summed E-state index contributed by atoms with van der Waals surface area (Å²) in [4.78, 5) is 0. The third-order valence-electron chi connectivity index (χ3n) is 1.85. The molecule has 0 saturated heterocycles. The Balaban J connectivity index is 4.27. The number of nitrogens with zero attached hydrogens (tertiary/aromatic N) is 1. The number of hydrogen-bond acceptors (Lipinski definition) is 2. The molecule has 3 heteroatoms. The van der Waals surface area contributed by atoms with E-state index >= 15 is 0 Å². The molecule has 0 saturated carbocycles. The molecule has 0 amide bonds. The summed E-state index contributed by atoms with van der Waals surface area (Å²) < 4.78 is 7.74. The van der Waals surface area contributed by atoms with Gasteiger partial charge in [-0.2, -0.15) is 0 Å². The summed E-state index contributed by atoms with van der Waals surface area (Å²) in [5.74, 6) is 2.16. The van der Waals surface area contributed by atoms with Crippen molar-refractivity contribution in [1.82, 2.24) is 4.67 Å². The van der Waals surface area contributed by atoms with Crippen LogP contribution in [0.3, 0.4) is 0 Å². The van der Waals surface area contributed by atoms with Crippen LogP contribution in [-0.2, 0) is 4.52 Å². The molecule has 0 aliphatic rings. The highest BCUT2D eigenvalue weighted by molar-refractivity contribution is 7.53. The Hall–Kier alpha value is -0.170. The highest BCUT2D eigenvalue weighted by atomic mass is 31.2. The van der Waals surface area contributed by atoms with E-state index in [0.717, 1.165) is 13.0 Å². The molecule has 0 aliphatic heterocycles. The molecule has 0 aromatic rings. The second-order valence-electron chi connectivity index (χ2n) is 3.10. The van der Waals surface area contributed by atoms with Gasteiger partial charge in [-0.15, -0.1) is 0 Å². The van der Waals surface area contributed by atoms with Gasteiger partial charge in [0, 0.05) is 6.61 Å². The molecule has 82 valence electrons. The molecular formula is C11H22NOP. The van der Waals surface area contributed by atoms with Crippen molar-refractivity contribution in [3.63, 3.8) is 0 Å². The van der Waals surface area contributed by atoms with Gasteiger partial charge in [0.25, 0.3) is 0 Å². The quantitative estimate of drug-likeness (QED) is 0.494. The summed E-state index contributed by atoms with van der Waals surface area (Å²) in [6.45, 7) is 7.04. The normalized spacial score (nSPS) is 15.4. The van der Waals surface area contributed by atoms with Gasteiger partial charge in [0.15, 0.2) is 0 Å². The molecule has 0 spiro atoms. The van der Waals surface area contributed by atoms with Crippen LogP contribution in [0.2, 0.25) is 0 Å². The molecule has 1 unspecified atom stereocenters. The molecule has 0 aromatic heterocycles. The minimum Gasteiger partial charge on any atom is -0.340 e. The molecular weight excluding hydrogens is 193 g/mol. The van der Waals surface area contributed by atoms with Crippen LogP contribution in [-0.4, -0.2) is 25.4 Å². The summed E-state index contributed by atoms with van der Waals surface area (Å²) >= 11 is 0. The minimum atomic E-state index is -0.552. The van der Waals surface area contributed by atoms with Gasteiger partial charge in [-0.1, -0.05) is 24.6 Å². The van der Waals surface area contributed by atoms with Crippen molar-refractivity contribution in [2.75, 3.05) is 20.7 Å². The van der Waals surface area contributed by atoms with E-state index in [4.69, 9.17) is 4.52 Å². The van der Waals surface area contributed by atoms with Crippen LogP contribution in [0.15, 0.2) is 23.5 Å². The van der Waals surface area contributed by atoms with Gasteiger partial charge in [0.2, 0.25) is 0 Å². The summed E-state index contributed by atoms with van der Waals surface area (Å²) in [6, 6.07) is 0. The van der Waals surface area contributed by atoms with Crippen LogP contribution in [0.25, 0.3) is 0 Å². The zero-order chi connectivity index (χ0) is 11.0. The lowest BCUT2D eigenvalue weighted by molar-refractivity contribution is 0.355. The van der Waals surface area contributed by atoms with Crippen LogP contribution in [0.5, 0.6) is 0 Å². The van der Waals surface area contributed by atoms with Gasteiger partial charge >= 0.3 is 0 Å². The van der Waals surface area contributed by atoms with Gasteiger partial charge in [-0.25, -0.2) is 0 Å². The molecule has 0 N–H and O–H groups in total. The standard InChI is InChI=1S/C11H22NOP/c1-6-11(7-2)9-10-14(12(4)5)13-8-3/h6,9-10H,7-8H2,1-5H3/b10-9+,11-6+. The Bertz CT molecular complexity index is 199. The molecule has 0 heterocycles. The first-order chi connectivity index (χ1) is 6.65. The summed E-state index contributed by atoms with van der Waals surface area (Å²) in [5, 5.41) is 0. The van der Waals surface area contributed by atoms with E-state index in [2.05, 4.69) is 36.5 Å². The van der Waals surface area contributed by atoms with Gasteiger partial charge in [0.1, 0.15) is 8.30 Å². The van der Waals surface area contributed by atoms with Crippen LogP contribution in [0.4, 0.5) is 0 Å². The molecule has 0 rings (SSSR count). The monoisotopic (exact) mass is 215 g/mol. The van der Waals surface area contributed by atoms with E-state index in [0.29, 0.717) is 0 Å². The Kier molecular flexibility index (Phi) is 8.07. The van der Waals surface area contributed by atoms with Crippen molar-refractivity contribution < 1.29 is 4.52 Å². The average Bonchev–Trinajstić information content (AvgIpc) is 2.17. The second-order valence-corrected chi connectivity index (χ2v) is 5.06. The van der Waals surface area contributed by atoms with Crippen LogP contribution in [0.1, 0.15) is 27.2 Å². The minimum absolute atomic E-state index is 0.552. The van der Waals surface area contributed by atoms with Gasteiger partial charge in [-0.05, 0) is 40.2 Å². The molecule has 1 atom stereocenters. The Morgan fingerprint density at radius 1 is 1.36 bits per heavy atom. The largest absolute Gasteiger partial charge is 0.340 e. The fourth-order valence-corrected chi connectivity index (χ4v) is 2.17. The van der Waals surface area contributed by atoms with Crippen LogP contribution < -0.4 is 0 Å². The Labute approximate surface area is 89.5 Å². The first-order valence-electron chi connectivity index (χ1n) is 5.08. The van der Waals surface area contributed by atoms with E-state index in [9.17, 15) is 0 Å². The smallest absolute Gasteiger partial charge is 0.129 e. The zero-order valence-electron chi connectivity index (χ0n) is 9.95. The van der Waals surface area contributed by atoms with Crippen molar-refractivity contribution >= 4 is 8.30 Å². The maximum atomic E-state index is 5.62. The molecule has 14 heavy (non-hydrogen) atoms. The topological polar surface area (TPSA) is 12.5 Å². The van der Waals surface area contributed by atoms with Crippen molar-refractivity contribution in [3.05, 3.63) is 23.5 Å². The maximum absolute atomic E-state index is 5.62. The van der Waals surface area contributed by atoms with E-state index in [1.807, 2.05) is 21.0 Å². The van der Waals surface area contributed by atoms with Crippen LogP contribution in [0, 0.1) is 0 Å². The Morgan fingerprint density at radius 3 is 2.36 bits per heavy atom. The summed E-state index contributed by atoms with van der Waals surface area (Å²) in [6.07, 6.45) is 5.39. The number of allylic oxidation sites excluding steroid dienone is 3. The predicted octanol–water partition coefficient (Wildman–Crippen LogP) is 3.77. The van der Waals surface area contributed by atoms with E-state index < -0.39 is 8.30 Å². The first-order valence-corrected chi connectivity index (χ1v) is 6.36. The average molecular weight is 215 g/mol. The predicted molar refractivity (Wildman–Crippen MR) is 65.4 cm³/mol. The number of rotatable bonds is 6. The molecule has 2 nitrogen and oxygen atoms in total. The third kappa shape index (κ3) is 5.54. The van der Waals surface area contributed by atoms with Gasteiger partial charge < -0.3 is 4.52 Å². The van der Waals surface area contributed by atoms with Gasteiger partial charge in [0.05, 0.1) is 0 Å². The fraction of sp³-hybridized carbons (Fsp3) is 0.636. The maximum Gasteiger partial charge on any atom is 0.129 e. The van der Waals surface area contributed by atoms with Crippen molar-refractivity contribution in [2.24, 2.45) is 0 Å². The molecule has 0 bridgehead atoms. The lowest BCUT2D eigenvalue weighted by atomic mass is 10.2. The summed E-state index contributed by atoms with van der Waals surface area (Å²) in [5.41, 5.74) is 1.36. The fourth-order valence-electron chi connectivity index (χ4n) is 1.00.